The monoisotopic (exact) mass is 488 g/mol. The molecule has 1 unspecified atom stereocenters. The van der Waals surface area contributed by atoms with Crippen LogP contribution < -0.4 is 20.1 Å². The first-order valence-electron chi connectivity index (χ1n) is 10.7. The van der Waals surface area contributed by atoms with Gasteiger partial charge in [-0.05, 0) is 49.9 Å². The fourth-order valence-electron chi connectivity index (χ4n) is 3.26. The summed E-state index contributed by atoms with van der Waals surface area (Å²) in [5.74, 6) is 0.869. The third-order valence-electron chi connectivity index (χ3n) is 4.92. The number of carbonyl (C=O) groups excluding carboxylic acids is 2. The number of ether oxygens (including phenoxy) is 2. The van der Waals surface area contributed by atoms with Crippen molar-refractivity contribution in [2.75, 3.05) is 13.2 Å². The first-order valence-corrected chi connectivity index (χ1v) is 11.5. The Morgan fingerprint density at radius 2 is 1.71 bits per heavy atom. The Hall–Kier alpha value is -2.54. The molecule has 0 saturated heterocycles. The van der Waals surface area contributed by atoms with E-state index in [1.54, 1.807) is 0 Å². The Bertz CT molecular complexity index is 900. The average Bonchev–Trinajstić information content (AvgIpc) is 3.56. The summed E-state index contributed by atoms with van der Waals surface area (Å²) in [4.78, 5) is 25.6. The van der Waals surface area contributed by atoms with E-state index in [-0.39, 0.29) is 24.3 Å². The highest BCUT2D eigenvalue weighted by Crippen LogP contribution is 2.34. The summed E-state index contributed by atoms with van der Waals surface area (Å²) in [6.45, 7) is 4.82. The van der Waals surface area contributed by atoms with Crippen molar-refractivity contribution in [1.82, 2.24) is 10.6 Å². The van der Waals surface area contributed by atoms with Crippen LogP contribution in [0.1, 0.15) is 37.8 Å². The van der Waals surface area contributed by atoms with Crippen molar-refractivity contribution in [3.05, 3.63) is 58.1 Å². The lowest BCUT2D eigenvalue weighted by Gasteiger charge is -2.19. The molecule has 0 heterocycles. The fraction of sp³-hybridized carbons (Fsp3) is 0.417. The molecule has 0 bridgehead atoms. The molecule has 2 aromatic carbocycles. The van der Waals surface area contributed by atoms with Crippen molar-refractivity contribution in [1.29, 1.82) is 0 Å². The Labute approximate surface area is 191 Å². The van der Waals surface area contributed by atoms with Crippen molar-refractivity contribution in [3.63, 3.8) is 0 Å². The van der Waals surface area contributed by atoms with Crippen LogP contribution in [0.15, 0.2) is 46.9 Å². The molecule has 166 valence electrons. The number of rotatable bonds is 11. The van der Waals surface area contributed by atoms with E-state index in [2.05, 4.69) is 26.6 Å². The normalized spacial score (nSPS) is 13.9. The maximum atomic E-state index is 12.9. The van der Waals surface area contributed by atoms with Crippen LogP contribution in [0, 0.1) is 0 Å². The van der Waals surface area contributed by atoms with E-state index in [1.807, 2.05) is 56.3 Å². The first kappa shape index (κ1) is 23.1. The Morgan fingerprint density at radius 3 is 2.32 bits per heavy atom. The summed E-state index contributed by atoms with van der Waals surface area (Å²) in [6.07, 6.45) is 2.56. The minimum Gasteiger partial charge on any atom is -0.490 e. The van der Waals surface area contributed by atoms with Crippen molar-refractivity contribution in [2.24, 2.45) is 0 Å². The Balaban J connectivity index is 1.72. The summed E-state index contributed by atoms with van der Waals surface area (Å²) in [5.41, 5.74) is 1.77. The number of carbonyl (C=O) groups is 2. The van der Waals surface area contributed by atoms with Gasteiger partial charge in [-0.25, -0.2) is 0 Å². The Morgan fingerprint density at radius 1 is 1.06 bits per heavy atom. The van der Waals surface area contributed by atoms with Crippen molar-refractivity contribution in [3.8, 4) is 11.5 Å². The molecule has 1 saturated carbocycles. The third-order valence-corrected chi connectivity index (χ3v) is 5.66. The highest BCUT2D eigenvalue weighted by atomic mass is 79.9. The zero-order valence-electron chi connectivity index (χ0n) is 17.9. The van der Waals surface area contributed by atoms with Gasteiger partial charge in [0.05, 0.1) is 19.6 Å². The molecular formula is C24H29BrN2O4. The van der Waals surface area contributed by atoms with Gasteiger partial charge in [-0.1, -0.05) is 46.3 Å². The lowest BCUT2D eigenvalue weighted by Crippen LogP contribution is -2.49. The van der Waals surface area contributed by atoms with E-state index < -0.39 is 6.04 Å². The van der Waals surface area contributed by atoms with E-state index in [9.17, 15) is 9.59 Å². The molecule has 2 aromatic rings. The summed E-state index contributed by atoms with van der Waals surface area (Å²) in [6, 6.07) is 13.0. The second kappa shape index (κ2) is 11.2. The SMILES string of the molecule is CCOc1cc(Br)c(CC(=O)NC(Cc2ccccc2)C(=O)NC2CC2)cc1OCC. The van der Waals surface area contributed by atoms with E-state index >= 15 is 0 Å². The van der Waals surface area contributed by atoms with E-state index in [4.69, 9.17) is 9.47 Å². The number of nitrogens with one attached hydrogen (secondary N) is 2. The molecule has 2 amide bonds. The van der Waals surface area contributed by atoms with Gasteiger partial charge in [0.15, 0.2) is 11.5 Å². The van der Waals surface area contributed by atoms with Crippen LogP contribution >= 0.6 is 15.9 Å². The minimum atomic E-state index is -0.622. The van der Waals surface area contributed by atoms with Crippen molar-refractivity contribution >= 4 is 27.7 Å². The zero-order chi connectivity index (χ0) is 22.2. The fourth-order valence-corrected chi connectivity index (χ4v) is 3.72. The smallest absolute Gasteiger partial charge is 0.243 e. The van der Waals surface area contributed by atoms with E-state index in [0.29, 0.717) is 31.1 Å². The van der Waals surface area contributed by atoms with Crippen LogP contribution in [0.4, 0.5) is 0 Å². The lowest BCUT2D eigenvalue weighted by molar-refractivity contribution is -0.128. The van der Waals surface area contributed by atoms with Crippen LogP contribution in [0.5, 0.6) is 11.5 Å². The molecule has 1 aliphatic carbocycles. The van der Waals surface area contributed by atoms with Crippen LogP contribution in [-0.2, 0) is 22.4 Å². The van der Waals surface area contributed by atoms with Gasteiger partial charge in [-0.2, -0.15) is 0 Å². The zero-order valence-corrected chi connectivity index (χ0v) is 19.5. The van der Waals surface area contributed by atoms with Crippen LogP contribution in [-0.4, -0.2) is 37.1 Å². The quantitative estimate of drug-likeness (QED) is 0.504. The molecule has 0 radical (unpaired) electrons. The number of hydrogen-bond acceptors (Lipinski definition) is 4. The van der Waals surface area contributed by atoms with Gasteiger partial charge in [-0.3, -0.25) is 9.59 Å². The maximum absolute atomic E-state index is 12.9. The van der Waals surface area contributed by atoms with Gasteiger partial charge >= 0.3 is 0 Å². The van der Waals surface area contributed by atoms with Crippen LogP contribution in [0.2, 0.25) is 0 Å². The average molecular weight is 489 g/mol. The van der Waals surface area contributed by atoms with Crippen LogP contribution in [0.3, 0.4) is 0 Å². The topological polar surface area (TPSA) is 76.7 Å². The van der Waals surface area contributed by atoms with Gasteiger partial charge < -0.3 is 20.1 Å². The summed E-state index contributed by atoms with van der Waals surface area (Å²) < 4.78 is 12.1. The molecule has 0 aliphatic heterocycles. The van der Waals surface area contributed by atoms with Gasteiger partial charge in [0.2, 0.25) is 11.8 Å². The molecule has 1 atom stereocenters. The van der Waals surface area contributed by atoms with Crippen molar-refractivity contribution in [2.45, 2.75) is 51.6 Å². The molecule has 2 N–H and O–H groups in total. The van der Waals surface area contributed by atoms with Gasteiger partial charge in [-0.15, -0.1) is 0 Å². The molecule has 6 nitrogen and oxygen atoms in total. The summed E-state index contributed by atoms with van der Waals surface area (Å²) in [7, 11) is 0. The highest BCUT2D eigenvalue weighted by molar-refractivity contribution is 9.10. The molecule has 1 fully saturated rings. The lowest BCUT2D eigenvalue weighted by atomic mass is 10.0. The molecule has 1 aliphatic rings. The molecule has 31 heavy (non-hydrogen) atoms. The second-order valence-corrected chi connectivity index (χ2v) is 8.38. The van der Waals surface area contributed by atoms with E-state index in [1.165, 1.54) is 0 Å². The largest absolute Gasteiger partial charge is 0.490 e. The van der Waals surface area contributed by atoms with Gasteiger partial charge in [0.1, 0.15) is 6.04 Å². The minimum absolute atomic E-state index is 0.120. The predicted octanol–water partition coefficient (Wildman–Crippen LogP) is 3.80. The standard InChI is InChI=1S/C24H29BrN2O4/c1-3-30-21-13-17(19(25)15-22(21)31-4-2)14-23(28)27-20(24(29)26-18-10-11-18)12-16-8-6-5-7-9-16/h5-9,13,15,18,20H,3-4,10-12,14H2,1-2H3,(H,26,29)(H,27,28). The van der Waals surface area contributed by atoms with Crippen molar-refractivity contribution < 1.29 is 19.1 Å². The number of hydrogen-bond donors (Lipinski definition) is 2. The number of amides is 2. The third kappa shape index (κ3) is 6.99. The molecular weight excluding hydrogens is 460 g/mol. The molecule has 0 spiro atoms. The maximum Gasteiger partial charge on any atom is 0.243 e. The molecule has 3 rings (SSSR count). The summed E-state index contributed by atoms with van der Waals surface area (Å²) >= 11 is 3.53. The van der Waals surface area contributed by atoms with Gasteiger partial charge in [0.25, 0.3) is 0 Å². The second-order valence-electron chi connectivity index (χ2n) is 7.53. The molecule has 0 aromatic heterocycles. The first-order chi connectivity index (χ1) is 15.0. The number of halogens is 1. The predicted molar refractivity (Wildman–Crippen MR) is 123 cm³/mol. The number of benzene rings is 2. The van der Waals surface area contributed by atoms with E-state index in [0.717, 1.165) is 28.4 Å². The Kier molecular flexibility index (Phi) is 8.35. The van der Waals surface area contributed by atoms with Crippen LogP contribution in [0.25, 0.3) is 0 Å². The molecule has 7 heteroatoms. The highest BCUT2D eigenvalue weighted by Gasteiger charge is 2.28. The summed E-state index contributed by atoms with van der Waals surface area (Å²) in [5, 5.41) is 5.92. The van der Waals surface area contributed by atoms with Gasteiger partial charge in [0, 0.05) is 16.9 Å².